The molecule has 0 unspecified atom stereocenters. The van der Waals surface area contributed by atoms with Crippen molar-refractivity contribution < 1.29 is 24.2 Å². The summed E-state index contributed by atoms with van der Waals surface area (Å²) in [6.45, 7) is 6.68. The molecule has 26 heavy (non-hydrogen) atoms. The minimum absolute atomic E-state index is 0.0973. The van der Waals surface area contributed by atoms with Crippen LogP contribution in [-0.4, -0.2) is 30.3 Å². The number of benzene rings is 2. The summed E-state index contributed by atoms with van der Waals surface area (Å²) in [7, 11) is 0. The van der Waals surface area contributed by atoms with E-state index in [2.05, 4.69) is 13.2 Å². The highest BCUT2D eigenvalue weighted by Crippen LogP contribution is 2.26. The predicted molar refractivity (Wildman–Crippen MR) is 97.6 cm³/mol. The molecule has 0 aliphatic heterocycles. The average Bonchev–Trinajstić information content (AvgIpc) is 2.66. The molecule has 0 amide bonds. The number of rotatable bonds is 9. The van der Waals surface area contributed by atoms with Crippen molar-refractivity contribution in [3.8, 4) is 0 Å². The number of carbonyl (C=O) groups excluding carboxylic acids is 1. The fourth-order valence-electron chi connectivity index (χ4n) is 2.19. The first kappa shape index (κ1) is 19.1. The topological polar surface area (TPSA) is 72.8 Å². The molecule has 0 spiro atoms. The second-order valence-corrected chi connectivity index (χ2v) is 5.61. The van der Waals surface area contributed by atoms with E-state index in [4.69, 9.17) is 14.6 Å². The van der Waals surface area contributed by atoms with Crippen LogP contribution in [0.15, 0.2) is 85.0 Å². The van der Waals surface area contributed by atoms with Gasteiger partial charge in [-0.05, 0) is 11.1 Å². The minimum atomic E-state index is -1.15. The van der Waals surface area contributed by atoms with E-state index in [1.165, 1.54) is 0 Å². The number of carboxylic acid groups (broad SMARTS) is 1. The molecule has 0 saturated heterocycles. The van der Waals surface area contributed by atoms with Crippen LogP contribution in [0.5, 0.6) is 0 Å². The average molecular weight is 352 g/mol. The van der Waals surface area contributed by atoms with Gasteiger partial charge in [0.1, 0.15) is 0 Å². The van der Waals surface area contributed by atoms with Gasteiger partial charge >= 0.3 is 11.9 Å². The van der Waals surface area contributed by atoms with E-state index in [1.807, 2.05) is 60.7 Å². The summed E-state index contributed by atoms with van der Waals surface area (Å²) >= 11 is 0. The molecule has 2 aromatic carbocycles. The first-order valence-electron chi connectivity index (χ1n) is 7.96. The van der Waals surface area contributed by atoms with E-state index in [0.29, 0.717) is 0 Å². The van der Waals surface area contributed by atoms with Crippen LogP contribution in [0, 0.1) is 0 Å². The molecule has 1 N–H and O–H groups in total. The number of hydrogen-bond acceptors (Lipinski definition) is 4. The fraction of sp³-hybridized carbons (Fsp3) is 0.143. The molecule has 2 rings (SSSR count). The Balaban J connectivity index is 2.04. The Labute approximate surface area is 152 Å². The van der Waals surface area contributed by atoms with Gasteiger partial charge < -0.3 is 14.6 Å². The first-order valence-corrected chi connectivity index (χ1v) is 7.96. The Morgan fingerprint density at radius 3 is 1.77 bits per heavy atom. The zero-order valence-electron chi connectivity index (χ0n) is 14.3. The molecule has 0 fully saturated rings. The molecule has 0 aromatic heterocycles. The van der Waals surface area contributed by atoms with E-state index in [9.17, 15) is 9.59 Å². The molecule has 0 radical (unpaired) electrons. The zero-order chi connectivity index (χ0) is 18.9. The van der Waals surface area contributed by atoms with Gasteiger partial charge in [0.25, 0.3) is 0 Å². The fourth-order valence-corrected chi connectivity index (χ4v) is 2.19. The maximum absolute atomic E-state index is 12.4. The molecule has 0 heterocycles. The van der Waals surface area contributed by atoms with E-state index in [0.717, 1.165) is 11.1 Å². The summed E-state index contributed by atoms with van der Waals surface area (Å²) in [4.78, 5) is 23.0. The second kappa shape index (κ2) is 9.34. The third-order valence-electron chi connectivity index (χ3n) is 3.57. The van der Waals surface area contributed by atoms with Crippen LogP contribution in [-0.2, 0) is 19.1 Å². The van der Waals surface area contributed by atoms with Crippen molar-refractivity contribution in [2.75, 3.05) is 13.2 Å². The zero-order valence-corrected chi connectivity index (χ0v) is 14.3. The monoisotopic (exact) mass is 352 g/mol. The lowest BCUT2D eigenvalue weighted by Gasteiger charge is -2.19. The summed E-state index contributed by atoms with van der Waals surface area (Å²) in [6, 6.07) is 18.8. The summed E-state index contributed by atoms with van der Waals surface area (Å²) < 4.78 is 10.8. The Bertz CT molecular complexity index is 741. The van der Waals surface area contributed by atoms with Gasteiger partial charge in [0, 0.05) is 0 Å². The molecule has 0 aliphatic carbocycles. The van der Waals surface area contributed by atoms with Crippen LogP contribution >= 0.6 is 0 Å². The van der Waals surface area contributed by atoms with E-state index < -0.39 is 18.0 Å². The van der Waals surface area contributed by atoms with Crippen molar-refractivity contribution in [2.24, 2.45) is 0 Å². The van der Waals surface area contributed by atoms with Crippen molar-refractivity contribution >= 4 is 11.9 Å². The Morgan fingerprint density at radius 1 is 0.846 bits per heavy atom. The number of esters is 1. The van der Waals surface area contributed by atoms with Gasteiger partial charge in [-0.3, -0.25) is 0 Å². The minimum Gasteiger partial charge on any atom is -0.478 e. The number of carbonyl (C=O) groups is 2. The van der Waals surface area contributed by atoms with Gasteiger partial charge in [-0.2, -0.15) is 0 Å². The standard InChI is InChI=1S/C21H20O5/c1-15(20(22)23)13-25-14-16(2)21(24)26-19(17-9-5-3-6-10-17)18-11-7-4-8-12-18/h3-12,19H,1-2,13-14H2,(H,22,23). The molecule has 0 aliphatic rings. The van der Waals surface area contributed by atoms with Gasteiger partial charge in [-0.1, -0.05) is 73.8 Å². The lowest BCUT2D eigenvalue weighted by molar-refractivity contribution is -0.143. The van der Waals surface area contributed by atoms with Crippen LogP contribution < -0.4 is 0 Å². The Hall–Kier alpha value is -3.18. The van der Waals surface area contributed by atoms with Crippen LogP contribution in [0.4, 0.5) is 0 Å². The van der Waals surface area contributed by atoms with Gasteiger partial charge in [0.05, 0.1) is 24.4 Å². The maximum Gasteiger partial charge on any atom is 0.336 e. The molecular weight excluding hydrogens is 332 g/mol. The number of ether oxygens (including phenoxy) is 2. The first-order chi connectivity index (χ1) is 12.5. The quantitative estimate of drug-likeness (QED) is 0.552. The van der Waals surface area contributed by atoms with Crippen LogP contribution in [0.2, 0.25) is 0 Å². The molecule has 5 nitrogen and oxygen atoms in total. The lowest BCUT2D eigenvalue weighted by Crippen LogP contribution is -2.17. The number of aliphatic carboxylic acids is 1. The van der Waals surface area contributed by atoms with Crippen molar-refractivity contribution in [1.29, 1.82) is 0 Å². The van der Waals surface area contributed by atoms with Crippen LogP contribution in [0.3, 0.4) is 0 Å². The van der Waals surface area contributed by atoms with Gasteiger partial charge in [0.2, 0.25) is 0 Å². The summed E-state index contributed by atoms with van der Waals surface area (Å²) in [5.41, 5.74) is 1.66. The smallest absolute Gasteiger partial charge is 0.336 e. The highest BCUT2D eigenvalue weighted by Gasteiger charge is 2.20. The maximum atomic E-state index is 12.4. The van der Waals surface area contributed by atoms with Crippen molar-refractivity contribution in [3.63, 3.8) is 0 Å². The summed E-state index contributed by atoms with van der Waals surface area (Å²) in [5, 5.41) is 8.73. The van der Waals surface area contributed by atoms with Crippen molar-refractivity contribution in [1.82, 2.24) is 0 Å². The Kier molecular flexibility index (Phi) is 6.88. The van der Waals surface area contributed by atoms with Gasteiger partial charge in [-0.15, -0.1) is 0 Å². The molecule has 134 valence electrons. The highest BCUT2D eigenvalue weighted by molar-refractivity contribution is 5.88. The highest BCUT2D eigenvalue weighted by atomic mass is 16.5. The number of carboxylic acids is 1. The van der Waals surface area contributed by atoms with E-state index >= 15 is 0 Å². The largest absolute Gasteiger partial charge is 0.478 e. The summed E-state index contributed by atoms with van der Waals surface area (Å²) in [6.07, 6.45) is -0.573. The third kappa shape index (κ3) is 5.43. The molecule has 0 atom stereocenters. The number of hydrogen-bond donors (Lipinski definition) is 1. The van der Waals surface area contributed by atoms with Gasteiger partial charge in [-0.25, -0.2) is 9.59 Å². The van der Waals surface area contributed by atoms with Crippen molar-refractivity contribution in [2.45, 2.75) is 6.10 Å². The third-order valence-corrected chi connectivity index (χ3v) is 3.57. The SMILES string of the molecule is C=C(COCC(=C)C(=O)OC(c1ccccc1)c1ccccc1)C(=O)O. The van der Waals surface area contributed by atoms with E-state index in [-0.39, 0.29) is 24.4 Å². The molecular formula is C21H20O5. The summed E-state index contributed by atoms with van der Waals surface area (Å²) in [5.74, 6) is -1.75. The van der Waals surface area contributed by atoms with Crippen LogP contribution in [0.25, 0.3) is 0 Å². The normalized spacial score (nSPS) is 10.3. The second-order valence-electron chi connectivity index (χ2n) is 5.61. The van der Waals surface area contributed by atoms with Crippen molar-refractivity contribution in [3.05, 3.63) is 96.1 Å². The lowest BCUT2D eigenvalue weighted by atomic mass is 10.0. The Morgan fingerprint density at radius 2 is 1.31 bits per heavy atom. The predicted octanol–water partition coefficient (Wildman–Crippen LogP) is 3.53. The molecule has 0 saturated carbocycles. The van der Waals surface area contributed by atoms with E-state index in [1.54, 1.807) is 0 Å². The molecule has 2 aromatic rings. The van der Waals surface area contributed by atoms with Crippen LogP contribution in [0.1, 0.15) is 17.2 Å². The molecule has 5 heteroatoms. The molecule has 0 bridgehead atoms. The van der Waals surface area contributed by atoms with Gasteiger partial charge in [0.15, 0.2) is 6.10 Å².